The summed E-state index contributed by atoms with van der Waals surface area (Å²) in [6.07, 6.45) is 4.93. The van der Waals surface area contributed by atoms with Crippen LogP contribution in [0, 0.1) is 12.8 Å². The van der Waals surface area contributed by atoms with E-state index >= 15 is 0 Å². The number of aromatic amines is 1. The van der Waals surface area contributed by atoms with Gasteiger partial charge in [-0.05, 0) is 69.7 Å². The Morgan fingerprint density at radius 2 is 2.23 bits per heavy atom. The van der Waals surface area contributed by atoms with E-state index in [1.54, 1.807) is 5.56 Å². The fourth-order valence-electron chi connectivity index (χ4n) is 4.65. The van der Waals surface area contributed by atoms with Gasteiger partial charge in [-0.15, -0.1) is 0 Å². The van der Waals surface area contributed by atoms with Gasteiger partial charge in [-0.2, -0.15) is 0 Å². The van der Waals surface area contributed by atoms with Gasteiger partial charge in [-0.3, -0.25) is 4.90 Å². The van der Waals surface area contributed by atoms with E-state index in [9.17, 15) is 0 Å². The molecule has 118 valence electrons. The number of hydrogen-bond acceptors (Lipinski definition) is 2. The molecule has 0 spiro atoms. The number of H-pyrrole nitrogens is 1. The molecule has 2 aromatic rings. The Kier molecular flexibility index (Phi) is 3.50. The van der Waals surface area contributed by atoms with Crippen molar-refractivity contribution in [1.29, 1.82) is 0 Å². The van der Waals surface area contributed by atoms with Crippen LogP contribution in [0.25, 0.3) is 10.9 Å². The van der Waals surface area contributed by atoms with Crippen molar-refractivity contribution >= 4 is 10.9 Å². The predicted molar refractivity (Wildman–Crippen MR) is 92.2 cm³/mol. The van der Waals surface area contributed by atoms with Gasteiger partial charge in [0.2, 0.25) is 0 Å². The third kappa shape index (κ3) is 2.27. The van der Waals surface area contributed by atoms with Gasteiger partial charge in [0.1, 0.15) is 0 Å². The molecule has 3 atom stereocenters. The molecule has 0 bridgehead atoms. The first-order valence-electron chi connectivity index (χ1n) is 8.71. The van der Waals surface area contributed by atoms with Crippen molar-refractivity contribution < 1.29 is 0 Å². The zero-order valence-electron chi connectivity index (χ0n) is 13.7. The van der Waals surface area contributed by atoms with E-state index in [-0.39, 0.29) is 0 Å². The maximum atomic E-state index is 5.91. The molecule has 2 heterocycles. The average molecular weight is 297 g/mol. The monoisotopic (exact) mass is 297 g/mol. The van der Waals surface area contributed by atoms with E-state index in [2.05, 4.69) is 41.9 Å². The van der Waals surface area contributed by atoms with Gasteiger partial charge in [0.25, 0.3) is 0 Å². The van der Waals surface area contributed by atoms with Crippen LogP contribution in [-0.2, 0) is 12.8 Å². The molecule has 0 saturated carbocycles. The number of benzene rings is 1. The lowest BCUT2D eigenvalue weighted by Gasteiger charge is -2.34. The summed E-state index contributed by atoms with van der Waals surface area (Å²) < 4.78 is 0. The number of nitrogens with one attached hydrogen (secondary N) is 1. The normalized spacial score (nSPS) is 29.1. The Hall–Kier alpha value is -1.32. The molecule has 2 aliphatic rings. The second-order valence-corrected chi connectivity index (χ2v) is 7.41. The Morgan fingerprint density at radius 3 is 3.00 bits per heavy atom. The maximum absolute atomic E-state index is 5.91. The molecule has 22 heavy (non-hydrogen) atoms. The zero-order valence-corrected chi connectivity index (χ0v) is 13.7. The second kappa shape index (κ2) is 5.39. The number of nitrogens with two attached hydrogens (primary N) is 1. The van der Waals surface area contributed by atoms with Crippen molar-refractivity contribution in [3.8, 4) is 0 Å². The van der Waals surface area contributed by atoms with Crippen molar-refractivity contribution in [2.24, 2.45) is 11.7 Å². The smallest absolute Gasteiger partial charge is 0.0459 e. The lowest BCUT2D eigenvalue weighted by atomic mass is 9.90. The summed E-state index contributed by atoms with van der Waals surface area (Å²) in [5.41, 5.74) is 11.6. The minimum absolute atomic E-state index is 0.687. The molecule has 1 aromatic carbocycles. The highest BCUT2D eigenvalue weighted by atomic mass is 15.2. The Balaban J connectivity index is 1.63. The molecule has 4 rings (SSSR count). The fourth-order valence-corrected chi connectivity index (χ4v) is 4.65. The number of rotatable bonds is 2. The first-order valence-corrected chi connectivity index (χ1v) is 8.71. The first-order chi connectivity index (χ1) is 10.7. The van der Waals surface area contributed by atoms with Crippen molar-refractivity contribution in [3.63, 3.8) is 0 Å². The minimum Gasteiger partial charge on any atom is -0.358 e. The molecule has 3 nitrogen and oxygen atoms in total. The van der Waals surface area contributed by atoms with E-state index in [0.29, 0.717) is 18.0 Å². The van der Waals surface area contributed by atoms with Crippen molar-refractivity contribution in [3.05, 3.63) is 35.0 Å². The van der Waals surface area contributed by atoms with Gasteiger partial charge in [0, 0.05) is 35.2 Å². The van der Waals surface area contributed by atoms with Crippen molar-refractivity contribution in [2.45, 2.75) is 51.6 Å². The standard InChI is InChI=1S/C19H27N3/c1-12-3-5-18-16(7-12)17-9-15(4-6-19(17)21-18)22-11-14(10-20)8-13(22)2/h3,5,7,13-15,21H,4,6,8-11,20H2,1-2H3/t13-,14-,15+/m0/s1. The molecule has 3 heteroatoms. The SMILES string of the molecule is Cc1ccc2[nH]c3c(c2c1)C[C@H](N1C[C@H](CN)C[C@@H]1C)CC3. The highest BCUT2D eigenvalue weighted by Gasteiger charge is 2.35. The van der Waals surface area contributed by atoms with E-state index in [1.165, 1.54) is 54.4 Å². The van der Waals surface area contributed by atoms with Crippen LogP contribution >= 0.6 is 0 Å². The third-order valence-corrected chi connectivity index (χ3v) is 5.83. The quantitative estimate of drug-likeness (QED) is 0.895. The van der Waals surface area contributed by atoms with Crippen LogP contribution in [0.1, 0.15) is 36.6 Å². The Morgan fingerprint density at radius 1 is 1.36 bits per heavy atom. The van der Waals surface area contributed by atoms with Gasteiger partial charge in [0.05, 0.1) is 0 Å². The molecule has 1 aromatic heterocycles. The van der Waals surface area contributed by atoms with Gasteiger partial charge in [0.15, 0.2) is 0 Å². The van der Waals surface area contributed by atoms with Crippen LogP contribution in [-0.4, -0.2) is 35.1 Å². The highest BCUT2D eigenvalue weighted by Crippen LogP contribution is 2.34. The summed E-state index contributed by atoms with van der Waals surface area (Å²) in [4.78, 5) is 6.38. The van der Waals surface area contributed by atoms with E-state index in [0.717, 1.165) is 6.54 Å². The summed E-state index contributed by atoms with van der Waals surface area (Å²) in [6.45, 7) is 6.60. The van der Waals surface area contributed by atoms with Crippen LogP contribution in [0.15, 0.2) is 18.2 Å². The summed E-state index contributed by atoms with van der Waals surface area (Å²) in [7, 11) is 0. The average Bonchev–Trinajstić information content (AvgIpc) is 3.07. The molecule has 1 aliphatic heterocycles. The largest absolute Gasteiger partial charge is 0.358 e. The van der Waals surface area contributed by atoms with Crippen LogP contribution in [0.5, 0.6) is 0 Å². The molecule has 0 unspecified atom stereocenters. The Bertz CT molecular complexity index is 687. The first kappa shape index (κ1) is 14.3. The van der Waals surface area contributed by atoms with Crippen molar-refractivity contribution in [1.82, 2.24) is 9.88 Å². The highest BCUT2D eigenvalue weighted by molar-refractivity contribution is 5.85. The fraction of sp³-hybridized carbons (Fsp3) is 0.579. The maximum Gasteiger partial charge on any atom is 0.0459 e. The van der Waals surface area contributed by atoms with Gasteiger partial charge in [-0.1, -0.05) is 11.6 Å². The lowest BCUT2D eigenvalue weighted by molar-refractivity contribution is 0.170. The van der Waals surface area contributed by atoms with Gasteiger partial charge < -0.3 is 10.7 Å². The van der Waals surface area contributed by atoms with E-state index < -0.39 is 0 Å². The van der Waals surface area contributed by atoms with Gasteiger partial charge in [-0.25, -0.2) is 0 Å². The summed E-state index contributed by atoms with van der Waals surface area (Å²) in [5, 5.41) is 1.45. The van der Waals surface area contributed by atoms with E-state index in [4.69, 9.17) is 5.73 Å². The minimum atomic E-state index is 0.687. The molecule has 1 aliphatic carbocycles. The second-order valence-electron chi connectivity index (χ2n) is 7.41. The van der Waals surface area contributed by atoms with Crippen LogP contribution < -0.4 is 5.73 Å². The molecule has 3 N–H and O–H groups in total. The number of aromatic nitrogens is 1. The topological polar surface area (TPSA) is 45.0 Å². The summed E-state index contributed by atoms with van der Waals surface area (Å²) in [6, 6.07) is 8.17. The number of nitrogens with zero attached hydrogens (tertiary/aromatic N) is 1. The molecule has 0 radical (unpaired) electrons. The Labute approximate surface area is 132 Å². The third-order valence-electron chi connectivity index (χ3n) is 5.83. The van der Waals surface area contributed by atoms with E-state index in [1.807, 2.05) is 0 Å². The number of aryl methyl sites for hydroxylation is 2. The number of fused-ring (bicyclic) bond motifs is 3. The molecule has 1 fully saturated rings. The molecule has 0 amide bonds. The van der Waals surface area contributed by atoms with Crippen LogP contribution in [0.3, 0.4) is 0 Å². The molecular weight excluding hydrogens is 270 g/mol. The van der Waals surface area contributed by atoms with Crippen LogP contribution in [0.2, 0.25) is 0 Å². The molecule has 1 saturated heterocycles. The number of hydrogen-bond donors (Lipinski definition) is 2. The van der Waals surface area contributed by atoms with Crippen molar-refractivity contribution in [2.75, 3.05) is 13.1 Å². The summed E-state index contributed by atoms with van der Waals surface area (Å²) in [5.74, 6) is 0.696. The lowest BCUT2D eigenvalue weighted by Crippen LogP contribution is -2.41. The number of likely N-dealkylation sites (tertiary alicyclic amines) is 1. The van der Waals surface area contributed by atoms with Gasteiger partial charge >= 0.3 is 0 Å². The molecular formula is C19H27N3. The predicted octanol–water partition coefficient (Wildman–Crippen LogP) is 3.00. The zero-order chi connectivity index (χ0) is 15.3. The van der Waals surface area contributed by atoms with Crippen LogP contribution in [0.4, 0.5) is 0 Å². The summed E-state index contributed by atoms with van der Waals surface area (Å²) >= 11 is 0.